The number of phenolic OH excluding ortho intramolecular Hbond substituents is 1. The third-order valence-corrected chi connectivity index (χ3v) is 26.1. The van der Waals surface area contributed by atoms with E-state index in [1.165, 1.54) is 50.9 Å². The molecule has 6 aromatic rings. The number of carbonyl (C=O) groups is 17. The van der Waals surface area contributed by atoms with Gasteiger partial charge in [0, 0.05) is 125 Å². The number of likely N-dealkylation sites (N-methyl/N-ethyl adjacent to an activating group) is 2. The molecule has 15 atom stereocenters. The van der Waals surface area contributed by atoms with Gasteiger partial charge in [-0.2, -0.15) is 0 Å². The van der Waals surface area contributed by atoms with Gasteiger partial charge in [-0.1, -0.05) is 88.1 Å². The van der Waals surface area contributed by atoms with Crippen LogP contribution in [0, 0.1) is 11.3 Å². The lowest BCUT2D eigenvalue weighted by molar-refractivity contribution is -0.149. The lowest BCUT2D eigenvalue weighted by Crippen LogP contribution is -2.60. The van der Waals surface area contributed by atoms with Gasteiger partial charge in [-0.25, -0.2) is 4.98 Å². The second-order valence-electron chi connectivity index (χ2n) is 35.1. The van der Waals surface area contributed by atoms with Crippen molar-refractivity contribution in [2.24, 2.45) is 23.1 Å². The smallest absolute Gasteiger partial charge is 0.305 e. The highest BCUT2D eigenvalue weighted by Gasteiger charge is 2.48. The van der Waals surface area contributed by atoms with E-state index in [1.807, 2.05) is 13.8 Å². The second kappa shape index (κ2) is 50.9. The third kappa shape index (κ3) is 29.0. The van der Waals surface area contributed by atoms with Gasteiger partial charge in [-0.3, -0.25) is 86.9 Å². The predicted molar refractivity (Wildman–Crippen MR) is 501 cm³/mol. The maximum atomic E-state index is 15.8. The van der Waals surface area contributed by atoms with Crippen molar-refractivity contribution >= 4 is 140 Å². The van der Waals surface area contributed by atoms with Crippen molar-refractivity contribution in [3.63, 3.8) is 0 Å². The highest BCUT2D eigenvalue weighted by molar-refractivity contribution is 8.00. The number of aromatic nitrogens is 4. The topological polar surface area (TPSA) is 670 Å². The highest BCUT2D eigenvalue weighted by atomic mass is 32.2. The highest BCUT2D eigenvalue weighted by Crippen LogP contribution is 2.30. The summed E-state index contributed by atoms with van der Waals surface area (Å²) in [7, 11) is 2.70. The van der Waals surface area contributed by atoms with Crippen LogP contribution in [0.5, 0.6) is 5.75 Å². The van der Waals surface area contributed by atoms with Crippen molar-refractivity contribution in [1.82, 2.24) is 97.6 Å². The fourth-order valence-electron chi connectivity index (χ4n) is 17.7. The summed E-state index contributed by atoms with van der Waals surface area (Å²) in [4.78, 5) is 270. The van der Waals surface area contributed by atoms with Gasteiger partial charge in [0.2, 0.25) is 88.6 Å². The fraction of sp³-hybridized carbons (Fsp3) is 0.533. The maximum Gasteiger partial charge on any atom is 0.305 e. The summed E-state index contributed by atoms with van der Waals surface area (Å²) in [5, 5.41) is 79.1. The zero-order valence-electron chi connectivity index (χ0n) is 77.2. The van der Waals surface area contributed by atoms with E-state index in [9.17, 15) is 58.8 Å². The van der Waals surface area contributed by atoms with E-state index < -0.39 is 247 Å². The molecule has 4 aliphatic rings. The Hall–Kier alpha value is -13.6. The van der Waals surface area contributed by atoms with Crippen LogP contribution in [0.1, 0.15) is 145 Å². The first-order chi connectivity index (χ1) is 65.6. The number of fused-ring (bicyclic) bond motifs is 5. The molecule has 3 aromatic heterocycles. The molecule has 0 spiro atoms. The standard InChI is InChI=1S/C92H127N23O21S/c1-5-7-23-70-83(128)104-62(22-14-32-98-92(95)96)81(126)110-69(80(125)101-45-76(94)120)48-137-49-77(121)103-66(35-51-27-29-56(117)30-28-51)89(134)113-33-16-26-72(113)85(130)109-68(41-78(122)123)90(135)114-34-15-25-71(114)84(129)107-65(39-55-44-97-50-102-55)82(127)105-63(21-13-31-93)88(133)115-46-57(118)40-74(115)86(131)106-64(36-52-42-99-60-19-11-9-17-58(52)60)75(119)38-54(47-116)79(124)108-67(37-53-43-100-61-20-12-10-18-59(53)61)87(132)112(4)73(24-8-6-2)91(136)111(70)3/h9-12,17-20,27-30,42-44,50,54,57,62-74,99-100,116-118H,5-8,13-16,21-26,31-41,45-49,93H2,1-4H3,(H2,94,120)(H,97,102)(H,101,125)(H,103,121)(H,104,128)(H,105,127)(H,106,131)(H,107,129)(H,108,124)(H,109,130)(H,110,126)(H,122,123)(H4,95,96,98)/t54-,57?,62-,63-,64-,65-,66-,67-,68-,69-,70-,71-,72-,73-,74-/m0/s1. The molecule has 10 rings (SSSR count). The van der Waals surface area contributed by atoms with Gasteiger partial charge in [-0.05, 0) is 112 Å². The number of benzene rings is 3. The number of nitrogens with zero attached hydrogens (tertiary/aromatic N) is 6. The monoisotopic (exact) mass is 1920 g/mol. The van der Waals surface area contributed by atoms with Crippen molar-refractivity contribution in [2.75, 3.05) is 71.5 Å². The Bertz CT molecular complexity index is 5290. The number of ketones is 1. The summed E-state index contributed by atoms with van der Waals surface area (Å²) in [5.41, 5.74) is 20.1. The molecule has 24 N–H and O–H groups in total. The number of aliphatic carboxylic acids is 1. The predicted octanol–water partition coefficient (Wildman–Crippen LogP) is -2.40. The Morgan fingerprint density at radius 3 is 1.69 bits per heavy atom. The van der Waals surface area contributed by atoms with Crippen molar-refractivity contribution < 1.29 is 102 Å². The number of imidazole rings is 1. The first-order valence-corrected chi connectivity index (χ1v) is 47.4. The van der Waals surface area contributed by atoms with Gasteiger partial charge < -0.3 is 130 Å². The van der Waals surface area contributed by atoms with Gasteiger partial charge in [-0.15, -0.1) is 11.8 Å². The molecule has 3 aromatic carbocycles. The van der Waals surface area contributed by atoms with Crippen LogP contribution < -0.4 is 70.4 Å². The molecule has 742 valence electrons. The minimum absolute atomic E-state index is 0.00509. The van der Waals surface area contributed by atoms with Gasteiger partial charge in [0.1, 0.15) is 78.3 Å². The van der Waals surface area contributed by atoms with E-state index in [4.69, 9.17) is 22.6 Å². The number of hydrogen-bond donors (Lipinski definition) is 21. The average molecular weight is 1920 g/mol. The Balaban J connectivity index is 1.02. The average Bonchev–Trinajstić information content (AvgIpc) is 1.38. The molecule has 7 heterocycles. The Morgan fingerprint density at radius 2 is 1.09 bits per heavy atom. The SMILES string of the molecule is CCCC[C@H]1C(=O)N(C)[C@@H](CCCC)C(=O)N[C@@H](CCCNC(=N)N)C(=O)N[C@H](C(=O)NCC(N)=O)CSCC(=O)N[C@@H](Cc2ccc(O)cc2)C(=O)N2CCC[C@H]2C(=O)N[C@@H](CC(=O)O)C(=O)N2CCC[C@H]2C(=O)N[C@@H](Cc2c[nH]cn2)C(=O)N[C@@H](CCCN)C(=O)N2CC(O)C[C@H]2C(=O)N[C@@H](Cc2c[nH]c3ccccc23)C(=O)C[C@@H](CO)C(=O)N[C@@H](Cc2c[nH]c3ccccc23)C(=O)N1C. The molecule has 4 aliphatic heterocycles. The van der Waals surface area contributed by atoms with Gasteiger partial charge in [0.05, 0.1) is 55.4 Å². The quantitative estimate of drug-likeness (QED) is 0.0145. The molecular weight excluding hydrogens is 1800 g/mol. The van der Waals surface area contributed by atoms with Crippen LogP contribution >= 0.6 is 11.8 Å². The van der Waals surface area contributed by atoms with E-state index in [0.29, 0.717) is 64.2 Å². The van der Waals surface area contributed by atoms with Crippen LogP contribution in [0.15, 0.2) is 97.7 Å². The van der Waals surface area contributed by atoms with Crippen LogP contribution in [-0.2, 0) is 107 Å². The Morgan fingerprint density at radius 1 is 0.555 bits per heavy atom. The number of primary amides is 1. The third-order valence-electron chi connectivity index (χ3n) is 25.1. The van der Waals surface area contributed by atoms with E-state index in [1.54, 1.807) is 60.9 Å². The molecule has 0 aliphatic carbocycles. The number of hydrogen-bond acceptors (Lipinski definition) is 24. The number of unbranched alkanes of at least 4 members (excludes halogenated alkanes) is 2. The van der Waals surface area contributed by atoms with Gasteiger partial charge in [0.15, 0.2) is 11.7 Å². The van der Waals surface area contributed by atoms with Crippen LogP contribution in [0.25, 0.3) is 21.8 Å². The number of Topliss-reactive ketones (excluding diaryl/α,β-unsaturated/α-hetero) is 1. The number of para-hydroxylation sites is 2. The number of amides is 15. The Labute approximate surface area is 794 Å². The number of aromatic hydroxyl groups is 1. The molecule has 4 fully saturated rings. The van der Waals surface area contributed by atoms with Gasteiger partial charge >= 0.3 is 5.97 Å². The second-order valence-corrected chi connectivity index (χ2v) is 36.1. The van der Waals surface area contributed by atoms with Crippen molar-refractivity contribution in [1.29, 1.82) is 5.41 Å². The number of H-pyrrole nitrogens is 3. The summed E-state index contributed by atoms with van der Waals surface area (Å²) < 4.78 is 0. The van der Waals surface area contributed by atoms with E-state index in [-0.39, 0.29) is 128 Å². The minimum atomic E-state index is -1.89. The number of guanidine groups is 1. The number of carboxylic acids is 1. The van der Waals surface area contributed by atoms with E-state index in [0.717, 1.165) is 36.3 Å². The Kier molecular flexibility index (Phi) is 39.2. The molecule has 1 unspecified atom stereocenters. The summed E-state index contributed by atoms with van der Waals surface area (Å²) in [6, 6.07) is -0.240. The summed E-state index contributed by atoms with van der Waals surface area (Å²) in [6.45, 7) is 1.17. The zero-order chi connectivity index (χ0) is 99.3. The number of carboxylic acid groups (broad SMARTS) is 1. The molecule has 4 saturated heterocycles. The van der Waals surface area contributed by atoms with Crippen molar-refractivity contribution in [3.8, 4) is 5.75 Å². The first kappa shape index (κ1) is 106. The van der Waals surface area contributed by atoms with Crippen LogP contribution in [-0.4, -0.2) is 327 Å². The van der Waals surface area contributed by atoms with Crippen molar-refractivity contribution in [2.45, 2.75) is 233 Å². The number of phenols is 1. The molecule has 137 heavy (non-hydrogen) atoms. The van der Waals surface area contributed by atoms with Crippen LogP contribution in [0.3, 0.4) is 0 Å². The lowest BCUT2D eigenvalue weighted by atomic mass is 9.93. The number of thioether (sulfide) groups is 1. The van der Waals surface area contributed by atoms with E-state index >= 15 is 43.2 Å². The molecule has 15 amide bonds. The zero-order valence-corrected chi connectivity index (χ0v) is 78.0. The van der Waals surface area contributed by atoms with Crippen LogP contribution in [0.2, 0.25) is 0 Å². The number of aliphatic hydroxyl groups excluding tert-OH is 2. The molecule has 0 radical (unpaired) electrons. The molecule has 45 heteroatoms. The molecular formula is C92H127N23O21S. The summed E-state index contributed by atoms with van der Waals surface area (Å²) in [6.07, 6.45) is 2.86. The normalized spacial score (nSPS) is 25.0. The van der Waals surface area contributed by atoms with Crippen molar-refractivity contribution in [3.05, 3.63) is 120 Å². The largest absolute Gasteiger partial charge is 0.508 e. The lowest BCUT2D eigenvalue weighted by Gasteiger charge is -2.36. The number of aliphatic hydroxyl groups is 2. The van der Waals surface area contributed by atoms with Crippen LogP contribution in [0.4, 0.5) is 0 Å². The number of nitrogens with two attached hydrogens (primary N) is 3. The minimum Gasteiger partial charge on any atom is -0.508 e. The maximum absolute atomic E-state index is 15.8. The molecule has 0 saturated carbocycles. The molecule has 0 bridgehead atoms. The number of nitrogens with one attached hydrogen (secondary N) is 14. The summed E-state index contributed by atoms with van der Waals surface area (Å²) >= 11 is 0.768. The fourth-order valence-corrected chi connectivity index (χ4v) is 18.6. The number of carbonyl (C=O) groups excluding carboxylic acids is 16. The van der Waals surface area contributed by atoms with E-state index in [2.05, 4.69) is 73.1 Å². The molecule has 44 nitrogen and oxygen atoms in total. The van der Waals surface area contributed by atoms with Gasteiger partial charge in [0.25, 0.3) is 0 Å². The number of aromatic amines is 3. The first-order valence-electron chi connectivity index (χ1n) is 46.3. The summed E-state index contributed by atoms with van der Waals surface area (Å²) in [5.74, 6) is -19.5. The number of rotatable bonds is 27.